The van der Waals surface area contributed by atoms with Gasteiger partial charge in [-0.05, 0) is 25.5 Å². The average molecular weight is 276 g/mol. The molecule has 1 saturated heterocycles. The number of nitrogens with one attached hydrogen (secondary N) is 2. The van der Waals surface area contributed by atoms with Gasteiger partial charge in [0.25, 0.3) is 0 Å². The van der Waals surface area contributed by atoms with Crippen LogP contribution in [0.25, 0.3) is 0 Å². The molecule has 1 aliphatic heterocycles. The van der Waals surface area contributed by atoms with Gasteiger partial charge in [0.05, 0.1) is 12.5 Å². The van der Waals surface area contributed by atoms with Crippen molar-refractivity contribution in [3.05, 3.63) is 29.8 Å². The molecule has 0 saturated carbocycles. The molecule has 1 fully saturated rings. The van der Waals surface area contributed by atoms with E-state index >= 15 is 0 Å². The molecule has 0 radical (unpaired) electrons. The SMILES string of the molecule is Cc1ccc(NC(=O)CCNC(=O)[C@H]2CCOC2)cc1. The molecule has 1 atom stereocenters. The fourth-order valence-corrected chi connectivity index (χ4v) is 2.05. The molecule has 2 N–H and O–H groups in total. The lowest BCUT2D eigenvalue weighted by Gasteiger charge is -2.09. The van der Waals surface area contributed by atoms with Crippen LogP contribution in [0.4, 0.5) is 5.69 Å². The van der Waals surface area contributed by atoms with Crippen LogP contribution < -0.4 is 10.6 Å². The van der Waals surface area contributed by atoms with Gasteiger partial charge in [-0.15, -0.1) is 0 Å². The topological polar surface area (TPSA) is 67.4 Å². The molecule has 20 heavy (non-hydrogen) atoms. The molecule has 1 aromatic carbocycles. The number of rotatable bonds is 5. The van der Waals surface area contributed by atoms with Crippen molar-refractivity contribution >= 4 is 17.5 Å². The van der Waals surface area contributed by atoms with Crippen LogP contribution in [-0.4, -0.2) is 31.6 Å². The molecule has 0 aliphatic carbocycles. The maximum atomic E-state index is 11.7. The van der Waals surface area contributed by atoms with Gasteiger partial charge in [0.2, 0.25) is 11.8 Å². The second kappa shape index (κ2) is 7.05. The van der Waals surface area contributed by atoms with E-state index < -0.39 is 0 Å². The number of ether oxygens (including phenoxy) is 1. The van der Waals surface area contributed by atoms with Gasteiger partial charge in [-0.3, -0.25) is 9.59 Å². The Morgan fingerprint density at radius 3 is 2.70 bits per heavy atom. The van der Waals surface area contributed by atoms with E-state index in [1.165, 1.54) is 0 Å². The standard InChI is InChI=1S/C15H20N2O3/c1-11-2-4-13(5-3-11)17-14(18)6-8-16-15(19)12-7-9-20-10-12/h2-5,12H,6-10H2,1H3,(H,16,19)(H,17,18)/t12-/m0/s1. The highest BCUT2D eigenvalue weighted by Crippen LogP contribution is 2.12. The summed E-state index contributed by atoms with van der Waals surface area (Å²) in [5.74, 6) is -0.183. The molecule has 1 aromatic rings. The molecular weight excluding hydrogens is 256 g/mol. The summed E-state index contributed by atoms with van der Waals surface area (Å²) in [6.45, 7) is 3.48. The lowest BCUT2D eigenvalue weighted by Crippen LogP contribution is -2.33. The Kier molecular flexibility index (Phi) is 5.12. The van der Waals surface area contributed by atoms with E-state index in [2.05, 4.69) is 10.6 Å². The van der Waals surface area contributed by atoms with E-state index in [4.69, 9.17) is 4.74 Å². The van der Waals surface area contributed by atoms with Crippen molar-refractivity contribution in [1.82, 2.24) is 5.32 Å². The largest absolute Gasteiger partial charge is 0.381 e. The van der Waals surface area contributed by atoms with Crippen LogP contribution >= 0.6 is 0 Å². The van der Waals surface area contributed by atoms with E-state index in [1.54, 1.807) is 0 Å². The minimum absolute atomic E-state index is 0.0226. The van der Waals surface area contributed by atoms with E-state index in [0.717, 1.165) is 17.7 Å². The summed E-state index contributed by atoms with van der Waals surface area (Å²) in [5.41, 5.74) is 1.92. The Balaban J connectivity index is 1.67. The zero-order chi connectivity index (χ0) is 14.4. The Morgan fingerprint density at radius 2 is 2.05 bits per heavy atom. The molecule has 5 nitrogen and oxygen atoms in total. The zero-order valence-electron chi connectivity index (χ0n) is 11.6. The zero-order valence-corrected chi connectivity index (χ0v) is 11.6. The van der Waals surface area contributed by atoms with Gasteiger partial charge in [0.15, 0.2) is 0 Å². The fourth-order valence-electron chi connectivity index (χ4n) is 2.05. The Hall–Kier alpha value is -1.88. The van der Waals surface area contributed by atoms with E-state index in [-0.39, 0.29) is 24.2 Å². The molecule has 2 amide bonds. The van der Waals surface area contributed by atoms with Gasteiger partial charge in [-0.1, -0.05) is 17.7 Å². The summed E-state index contributed by atoms with van der Waals surface area (Å²) in [4.78, 5) is 23.4. The number of anilines is 1. The lowest BCUT2D eigenvalue weighted by molar-refractivity contribution is -0.125. The molecule has 0 bridgehead atoms. The van der Waals surface area contributed by atoms with Crippen molar-refractivity contribution in [2.45, 2.75) is 19.8 Å². The normalized spacial score (nSPS) is 17.8. The van der Waals surface area contributed by atoms with Crippen LogP contribution in [-0.2, 0) is 14.3 Å². The first-order valence-corrected chi connectivity index (χ1v) is 6.87. The van der Waals surface area contributed by atoms with Crippen LogP contribution in [0.15, 0.2) is 24.3 Å². The maximum absolute atomic E-state index is 11.7. The Bertz CT molecular complexity index is 465. The number of carbonyl (C=O) groups is 2. The highest BCUT2D eigenvalue weighted by Gasteiger charge is 2.22. The third-order valence-electron chi connectivity index (χ3n) is 3.29. The van der Waals surface area contributed by atoms with E-state index in [1.807, 2.05) is 31.2 Å². The van der Waals surface area contributed by atoms with E-state index in [0.29, 0.717) is 19.8 Å². The summed E-state index contributed by atoms with van der Waals surface area (Å²) < 4.78 is 5.15. The van der Waals surface area contributed by atoms with Gasteiger partial charge in [-0.2, -0.15) is 0 Å². The molecule has 2 rings (SSSR count). The molecule has 0 spiro atoms. The predicted octanol–water partition coefficient (Wildman–Crippen LogP) is 1.48. The minimum atomic E-state index is -0.100. The van der Waals surface area contributed by atoms with Gasteiger partial charge < -0.3 is 15.4 Å². The van der Waals surface area contributed by atoms with Gasteiger partial charge in [0, 0.05) is 25.3 Å². The summed E-state index contributed by atoms with van der Waals surface area (Å²) >= 11 is 0. The molecule has 0 unspecified atom stereocenters. The summed E-state index contributed by atoms with van der Waals surface area (Å²) in [7, 11) is 0. The number of hydrogen-bond acceptors (Lipinski definition) is 3. The summed E-state index contributed by atoms with van der Waals surface area (Å²) in [5, 5.41) is 5.57. The number of benzene rings is 1. The highest BCUT2D eigenvalue weighted by atomic mass is 16.5. The molecule has 1 heterocycles. The highest BCUT2D eigenvalue weighted by molar-refractivity contribution is 5.91. The second-order valence-electron chi connectivity index (χ2n) is 5.02. The quantitative estimate of drug-likeness (QED) is 0.856. The fraction of sp³-hybridized carbons (Fsp3) is 0.467. The van der Waals surface area contributed by atoms with Crippen LogP contribution in [0, 0.1) is 12.8 Å². The summed E-state index contributed by atoms with van der Waals surface area (Å²) in [6.07, 6.45) is 1.04. The van der Waals surface area contributed by atoms with Gasteiger partial charge in [0.1, 0.15) is 0 Å². The smallest absolute Gasteiger partial charge is 0.226 e. The first kappa shape index (κ1) is 14.5. The lowest BCUT2D eigenvalue weighted by atomic mass is 10.1. The number of hydrogen-bond donors (Lipinski definition) is 2. The van der Waals surface area contributed by atoms with Crippen LogP contribution in [0.1, 0.15) is 18.4 Å². The number of aryl methyl sites for hydroxylation is 1. The number of carbonyl (C=O) groups excluding carboxylic acids is 2. The van der Waals surface area contributed by atoms with Crippen LogP contribution in [0.5, 0.6) is 0 Å². The molecule has 108 valence electrons. The molecule has 0 aromatic heterocycles. The van der Waals surface area contributed by atoms with E-state index in [9.17, 15) is 9.59 Å². The maximum Gasteiger partial charge on any atom is 0.226 e. The molecule has 1 aliphatic rings. The molecule has 5 heteroatoms. The van der Waals surface area contributed by atoms with Gasteiger partial charge >= 0.3 is 0 Å². The third kappa shape index (κ3) is 4.35. The monoisotopic (exact) mass is 276 g/mol. The van der Waals surface area contributed by atoms with Crippen LogP contribution in [0.2, 0.25) is 0 Å². The van der Waals surface area contributed by atoms with Crippen molar-refractivity contribution in [3.63, 3.8) is 0 Å². The Labute approximate surface area is 118 Å². The van der Waals surface area contributed by atoms with Crippen molar-refractivity contribution in [3.8, 4) is 0 Å². The third-order valence-corrected chi connectivity index (χ3v) is 3.29. The first-order valence-electron chi connectivity index (χ1n) is 6.87. The van der Waals surface area contributed by atoms with Crippen molar-refractivity contribution in [1.29, 1.82) is 0 Å². The number of amides is 2. The van der Waals surface area contributed by atoms with Crippen LogP contribution in [0.3, 0.4) is 0 Å². The average Bonchev–Trinajstić information content (AvgIpc) is 2.95. The molecular formula is C15H20N2O3. The van der Waals surface area contributed by atoms with Gasteiger partial charge in [-0.25, -0.2) is 0 Å². The Morgan fingerprint density at radius 1 is 1.30 bits per heavy atom. The first-order chi connectivity index (χ1) is 9.65. The van der Waals surface area contributed by atoms with Crippen molar-refractivity contribution in [2.24, 2.45) is 5.92 Å². The minimum Gasteiger partial charge on any atom is -0.381 e. The second-order valence-corrected chi connectivity index (χ2v) is 5.02. The van der Waals surface area contributed by atoms with Crippen molar-refractivity contribution in [2.75, 3.05) is 25.1 Å². The summed E-state index contributed by atoms with van der Waals surface area (Å²) in [6, 6.07) is 7.61. The predicted molar refractivity (Wildman–Crippen MR) is 76.4 cm³/mol. The van der Waals surface area contributed by atoms with Crippen molar-refractivity contribution < 1.29 is 14.3 Å².